The lowest BCUT2D eigenvalue weighted by atomic mass is 9.81. The second-order valence-electron chi connectivity index (χ2n) is 8.80. The van der Waals surface area contributed by atoms with Crippen LogP contribution >= 0.6 is 0 Å². The van der Waals surface area contributed by atoms with Crippen LogP contribution in [0.15, 0.2) is 36.4 Å². The van der Waals surface area contributed by atoms with E-state index in [9.17, 15) is 4.39 Å². The summed E-state index contributed by atoms with van der Waals surface area (Å²) in [6.07, 6.45) is 5.06. The van der Waals surface area contributed by atoms with Crippen molar-refractivity contribution < 1.29 is 4.39 Å². The van der Waals surface area contributed by atoms with Crippen molar-refractivity contribution in [3.05, 3.63) is 70.0 Å². The van der Waals surface area contributed by atoms with Gasteiger partial charge < -0.3 is 5.73 Å². The molecule has 0 aliphatic heterocycles. The number of nitrogens with zero attached hydrogens (tertiary/aromatic N) is 1. The molecule has 2 nitrogen and oxygen atoms in total. The fraction of sp³-hybridized carbons (Fsp3) is 0.520. The van der Waals surface area contributed by atoms with E-state index in [1.807, 2.05) is 12.1 Å². The van der Waals surface area contributed by atoms with Gasteiger partial charge in [-0.15, -0.1) is 0 Å². The van der Waals surface area contributed by atoms with Gasteiger partial charge in [0.25, 0.3) is 0 Å². The summed E-state index contributed by atoms with van der Waals surface area (Å²) < 4.78 is 13.3. The van der Waals surface area contributed by atoms with E-state index in [1.165, 1.54) is 53.5 Å². The molecule has 2 aromatic rings. The minimum atomic E-state index is -0.166. The van der Waals surface area contributed by atoms with Gasteiger partial charge in [0.2, 0.25) is 0 Å². The average Bonchev–Trinajstić information content (AvgIpc) is 2.67. The molecule has 152 valence electrons. The van der Waals surface area contributed by atoms with Crippen molar-refractivity contribution in [1.82, 2.24) is 4.90 Å². The molecule has 1 aliphatic rings. The smallest absolute Gasteiger partial charge is 0.123 e. The van der Waals surface area contributed by atoms with Crippen molar-refractivity contribution in [3.8, 4) is 0 Å². The quantitative estimate of drug-likeness (QED) is 0.683. The largest absolute Gasteiger partial charge is 0.330 e. The Morgan fingerprint density at radius 2 is 1.46 bits per heavy atom. The first kappa shape index (κ1) is 21.0. The zero-order chi connectivity index (χ0) is 20.1. The molecule has 1 aliphatic carbocycles. The molecule has 2 N–H and O–H groups in total. The van der Waals surface area contributed by atoms with Crippen LogP contribution < -0.4 is 5.73 Å². The van der Waals surface area contributed by atoms with Crippen LogP contribution in [0.25, 0.3) is 0 Å². The SMILES string of the molecule is Cc1cc(C)c(CN(Cc2ccc(F)cc2)CC2CCC(CN)CC2)c(C)c1. The highest BCUT2D eigenvalue weighted by Crippen LogP contribution is 2.30. The predicted octanol–water partition coefficient (Wildman–Crippen LogP) is 5.52. The molecule has 0 unspecified atom stereocenters. The number of benzene rings is 2. The Morgan fingerprint density at radius 3 is 2.04 bits per heavy atom. The topological polar surface area (TPSA) is 29.3 Å². The summed E-state index contributed by atoms with van der Waals surface area (Å²) in [7, 11) is 0. The lowest BCUT2D eigenvalue weighted by Crippen LogP contribution is -2.32. The monoisotopic (exact) mass is 382 g/mol. The summed E-state index contributed by atoms with van der Waals surface area (Å²) in [6.45, 7) is 10.3. The molecule has 28 heavy (non-hydrogen) atoms. The molecule has 2 aromatic carbocycles. The van der Waals surface area contributed by atoms with Crippen LogP contribution in [-0.4, -0.2) is 18.0 Å². The van der Waals surface area contributed by atoms with Crippen molar-refractivity contribution in [3.63, 3.8) is 0 Å². The van der Waals surface area contributed by atoms with Crippen LogP contribution in [0, 0.1) is 38.4 Å². The number of rotatable bonds is 7. The Kier molecular flexibility index (Phi) is 7.25. The average molecular weight is 383 g/mol. The number of aryl methyl sites for hydroxylation is 3. The standard InChI is InChI=1S/C25H35FN2/c1-18-12-19(2)25(20(3)13-18)17-28(16-23-8-10-24(26)11-9-23)15-22-6-4-21(14-27)5-7-22/h8-13,21-22H,4-7,14-17,27H2,1-3H3. The van der Waals surface area contributed by atoms with E-state index in [4.69, 9.17) is 5.73 Å². The Bertz CT molecular complexity index is 738. The molecule has 0 saturated heterocycles. The summed E-state index contributed by atoms with van der Waals surface area (Å²) in [5.41, 5.74) is 12.5. The number of nitrogens with two attached hydrogens (primary N) is 1. The molecular formula is C25H35FN2. The maximum atomic E-state index is 13.3. The van der Waals surface area contributed by atoms with Gasteiger partial charge >= 0.3 is 0 Å². The number of halogens is 1. The Labute approximate surface area is 169 Å². The first-order valence-electron chi connectivity index (χ1n) is 10.7. The maximum absolute atomic E-state index is 13.3. The molecule has 0 aromatic heterocycles. The highest BCUT2D eigenvalue weighted by molar-refractivity contribution is 5.37. The molecule has 0 radical (unpaired) electrons. The summed E-state index contributed by atoms with van der Waals surface area (Å²) in [5.74, 6) is 1.28. The molecule has 0 spiro atoms. The zero-order valence-corrected chi connectivity index (χ0v) is 17.7. The summed E-state index contributed by atoms with van der Waals surface area (Å²) in [6, 6.07) is 11.5. The molecule has 0 bridgehead atoms. The Hall–Kier alpha value is -1.71. The van der Waals surface area contributed by atoms with Gasteiger partial charge in [-0.3, -0.25) is 4.90 Å². The minimum Gasteiger partial charge on any atom is -0.330 e. The second-order valence-corrected chi connectivity index (χ2v) is 8.80. The van der Waals surface area contributed by atoms with Gasteiger partial charge in [-0.1, -0.05) is 29.8 Å². The van der Waals surface area contributed by atoms with Crippen LogP contribution in [0.3, 0.4) is 0 Å². The fourth-order valence-corrected chi connectivity index (χ4v) is 4.73. The van der Waals surface area contributed by atoms with E-state index in [2.05, 4.69) is 37.8 Å². The van der Waals surface area contributed by atoms with E-state index in [1.54, 1.807) is 12.1 Å². The zero-order valence-electron chi connectivity index (χ0n) is 17.7. The van der Waals surface area contributed by atoms with Gasteiger partial charge in [-0.25, -0.2) is 4.39 Å². The first-order chi connectivity index (χ1) is 13.4. The highest BCUT2D eigenvalue weighted by Gasteiger charge is 2.23. The van der Waals surface area contributed by atoms with Crippen molar-refractivity contribution >= 4 is 0 Å². The van der Waals surface area contributed by atoms with Gasteiger partial charge in [-0.2, -0.15) is 0 Å². The number of hydrogen-bond donors (Lipinski definition) is 1. The molecule has 3 heteroatoms. The predicted molar refractivity (Wildman–Crippen MR) is 116 cm³/mol. The van der Waals surface area contributed by atoms with E-state index < -0.39 is 0 Å². The second kappa shape index (κ2) is 9.67. The van der Waals surface area contributed by atoms with Gasteiger partial charge in [-0.05, 0) is 99.2 Å². The van der Waals surface area contributed by atoms with Crippen molar-refractivity contribution in [2.45, 2.75) is 59.5 Å². The number of hydrogen-bond acceptors (Lipinski definition) is 2. The third-order valence-electron chi connectivity index (χ3n) is 6.36. The fourth-order valence-electron chi connectivity index (χ4n) is 4.73. The Balaban J connectivity index is 1.75. The molecule has 0 amide bonds. The molecule has 0 heterocycles. The third-order valence-corrected chi connectivity index (χ3v) is 6.36. The minimum absolute atomic E-state index is 0.166. The first-order valence-corrected chi connectivity index (χ1v) is 10.7. The van der Waals surface area contributed by atoms with E-state index in [0.717, 1.165) is 32.1 Å². The molecule has 0 atom stereocenters. The van der Waals surface area contributed by atoms with Crippen LogP contribution in [0.4, 0.5) is 4.39 Å². The summed E-state index contributed by atoms with van der Waals surface area (Å²) in [5, 5.41) is 0. The highest BCUT2D eigenvalue weighted by atomic mass is 19.1. The molecule has 3 rings (SSSR count). The van der Waals surface area contributed by atoms with E-state index in [-0.39, 0.29) is 5.82 Å². The lowest BCUT2D eigenvalue weighted by molar-refractivity contribution is 0.169. The molecule has 1 saturated carbocycles. The van der Waals surface area contributed by atoms with Gasteiger partial charge in [0.15, 0.2) is 0 Å². The van der Waals surface area contributed by atoms with Crippen LogP contribution in [0.1, 0.15) is 53.5 Å². The maximum Gasteiger partial charge on any atom is 0.123 e. The van der Waals surface area contributed by atoms with Crippen molar-refractivity contribution in [2.24, 2.45) is 17.6 Å². The van der Waals surface area contributed by atoms with Crippen LogP contribution in [0.5, 0.6) is 0 Å². The van der Waals surface area contributed by atoms with E-state index in [0.29, 0.717) is 5.92 Å². The van der Waals surface area contributed by atoms with Gasteiger partial charge in [0, 0.05) is 19.6 Å². The van der Waals surface area contributed by atoms with E-state index >= 15 is 0 Å². The van der Waals surface area contributed by atoms with Crippen molar-refractivity contribution in [1.29, 1.82) is 0 Å². The van der Waals surface area contributed by atoms with Gasteiger partial charge in [0.05, 0.1) is 0 Å². The van der Waals surface area contributed by atoms with Crippen molar-refractivity contribution in [2.75, 3.05) is 13.1 Å². The molecule has 1 fully saturated rings. The van der Waals surface area contributed by atoms with Crippen LogP contribution in [0.2, 0.25) is 0 Å². The molecular weight excluding hydrogens is 347 g/mol. The summed E-state index contributed by atoms with van der Waals surface area (Å²) >= 11 is 0. The van der Waals surface area contributed by atoms with Crippen LogP contribution in [-0.2, 0) is 13.1 Å². The third kappa shape index (κ3) is 5.65. The lowest BCUT2D eigenvalue weighted by Gasteiger charge is -2.33. The Morgan fingerprint density at radius 1 is 0.893 bits per heavy atom. The summed E-state index contributed by atoms with van der Waals surface area (Å²) in [4.78, 5) is 2.56. The van der Waals surface area contributed by atoms with Gasteiger partial charge in [0.1, 0.15) is 5.82 Å². The normalized spacial score (nSPS) is 19.9.